The van der Waals surface area contributed by atoms with Crippen molar-refractivity contribution in [1.82, 2.24) is 4.98 Å². The minimum atomic E-state index is -0.738. The molecule has 0 radical (unpaired) electrons. The Balaban J connectivity index is 1.91. The van der Waals surface area contributed by atoms with Crippen LogP contribution in [0, 0.1) is 0 Å². The number of nitrogens with two attached hydrogens (primary N) is 1. The van der Waals surface area contributed by atoms with Crippen LogP contribution < -0.4 is 16.0 Å². The molecule has 1 unspecified atom stereocenters. The first-order chi connectivity index (χ1) is 10.1. The first kappa shape index (κ1) is 13.6. The Morgan fingerprint density at radius 3 is 2.95 bits per heavy atom. The molecule has 1 amide bonds. The van der Waals surface area contributed by atoms with E-state index in [1.165, 1.54) is 6.07 Å². The van der Waals surface area contributed by atoms with E-state index in [0.29, 0.717) is 17.9 Å². The number of aromatic amines is 1. The lowest BCUT2D eigenvalue weighted by molar-refractivity contribution is 0.00748. The van der Waals surface area contributed by atoms with Crippen molar-refractivity contribution in [2.24, 2.45) is 5.73 Å². The Bertz CT molecular complexity index is 732. The van der Waals surface area contributed by atoms with Crippen LogP contribution >= 0.6 is 0 Å². The molecule has 3 rings (SSSR count). The summed E-state index contributed by atoms with van der Waals surface area (Å²) in [7, 11) is 0. The largest absolute Gasteiger partial charge is 0.488 e. The van der Waals surface area contributed by atoms with Crippen LogP contribution in [0.2, 0.25) is 0 Å². The first-order valence-electron chi connectivity index (χ1n) is 6.85. The van der Waals surface area contributed by atoms with Gasteiger partial charge in [0.05, 0.1) is 12.1 Å². The normalized spacial score (nSPS) is 18.6. The van der Waals surface area contributed by atoms with Crippen molar-refractivity contribution in [3.8, 4) is 5.75 Å². The number of primary amides is 1. The van der Waals surface area contributed by atoms with E-state index >= 15 is 0 Å². The summed E-state index contributed by atoms with van der Waals surface area (Å²) in [4.78, 5) is 25.6. The van der Waals surface area contributed by atoms with Gasteiger partial charge in [-0.3, -0.25) is 9.59 Å². The van der Waals surface area contributed by atoms with Crippen molar-refractivity contribution >= 4 is 16.8 Å². The van der Waals surface area contributed by atoms with Crippen LogP contribution in [0.15, 0.2) is 29.1 Å². The van der Waals surface area contributed by atoms with Gasteiger partial charge in [-0.25, -0.2) is 0 Å². The zero-order chi connectivity index (χ0) is 14.8. The van der Waals surface area contributed by atoms with Gasteiger partial charge in [0.15, 0.2) is 0 Å². The van der Waals surface area contributed by atoms with Crippen molar-refractivity contribution < 1.29 is 14.3 Å². The summed E-state index contributed by atoms with van der Waals surface area (Å²) in [5, 5.41) is 0.732. The summed E-state index contributed by atoms with van der Waals surface area (Å²) in [6.45, 7) is 1.36. The fraction of sp³-hybridized carbons (Fsp3) is 0.333. The van der Waals surface area contributed by atoms with Crippen molar-refractivity contribution in [2.75, 3.05) is 13.2 Å². The number of amides is 1. The second kappa shape index (κ2) is 5.57. The molecule has 1 aromatic carbocycles. The summed E-state index contributed by atoms with van der Waals surface area (Å²) < 4.78 is 11.2. The van der Waals surface area contributed by atoms with Crippen LogP contribution in [-0.4, -0.2) is 30.2 Å². The molecular formula is C15H16N2O4. The standard InChI is InChI=1S/C15H16N2O4/c16-14(18)12-6-9-3-4-10(7-13(9)17-15(12)19)21-11-2-1-5-20-8-11/h3-4,6-7,11H,1-2,5,8H2,(H2,16,18)(H,17,19). The molecule has 1 fully saturated rings. The predicted molar refractivity (Wildman–Crippen MR) is 77.6 cm³/mol. The Morgan fingerprint density at radius 2 is 2.24 bits per heavy atom. The number of aromatic nitrogens is 1. The number of rotatable bonds is 3. The van der Waals surface area contributed by atoms with Gasteiger partial charge in [0.25, 0.3) is 11.5 Å². The number of hydrogen-bond donors (Lipinski definition) is 2. The average molecular weight is 288 g/mol. The van der Waals surface area contributed by atoms with Crippen LogP contribution in [0.3, 0.4) is 0 Å². The number of carbonyl (C=O) groups is 1. The first-order valence-corrected chi connectivity index (χ1v) is 6.85. The minimum absolute atomic E-state index is 0.0350. The molecular weight excluding hydrogens is 272 g/mol. The number of fused-ring (bicyclic) bond motifs is 1. The molecule has 1 atom stereocenters. The Hall–Kier alpha value is -2.34. The number of carbonyl (C=O) groups excluding carboxylic acids is 1. The Labute approximate surface area is 120 Å². The van der Waals surface area contributed by atoms with Crippen molar-refractivity contribution in [3.05, 3.63) is 40.2 Å². The highest BCUT2D eigenvalue weighted by Gasteiger charge is 2.16. The second-order valence-corrected chi connectivity index (χ2v) is 5.08. The molecule has 1 aromatic heterocycles. The maximum atomic E-state index is 11.8. The molecule has 1 saturated heterocycles. The highest BCUT2D eigenvalue weighted by atomic mass is 16.5. The van der Waals surface area contributed by atoms with Gasteiger partial charge in [-0.1, -0.05) is 0 Å². The van der Waals surface area contributed by atoms with Gasteiger partial charge in [-0.2, -0.15) is 0 Å². The quantitative estimate of drug-likeness (QED) is 0.886. The van der Waals surface area contributed by atoms with E-state index in [0.717, 1.165) is 24.8 Å². The molecule has 0 bridgehead atoms. The Morgan fingerprint density at radius 1 is 1.38 bits per heavy atom. The van der Waals surface area contributed by atoms with E-state index in [1.807, 2.05) is 0 Å². The zero-order valence-corrected chi connectivity index (χ0v) is 11.4. The highest BCUT2D eigenvalue weighted by molar-refractivity contribution is 5.96. The van der Waals surface area contributed by atoms with Crippen LogP contribution in [0.1, 0.15) is 23.2 Å². The molecule has 1 aliphatic rings. The molecule has 0 aliphatic carbocycles. The van der Waals surface area contributed by atoms with Gasteiger partial charge >= 0.3 is 0 Å². The van der Waals surface area contributed by atoms with Gasteiger partial charge in [-0.15, -0.1) is 0 Å². The maximum absolute atomic E-state index is 11.8. The number of ether oxygens (including phenoxy) is 2. The van der Waals surface area contributed by atoms with Gasteiger partial charge in [0.2, 0.25) is 0 Å². The molecule has 2 heterocycles. The van der Waals surface area contributed by atoms with E-state index in [2.05, 4.69) is 4.98 Å². The van der Waals surface area contributed by atoms with E-state index in [-0.39, 0.29) is 11.7 Å². The minimum Gasteiger partial charge on any atom is -0.488 e. The fourth-order valence-corrected chi connectivity index (χ4v) is 2.43. The summed E-state index contributed by atoms with van der Waals surface area (Å²) in [5.74, 6) is -0.0710. The van der Waals surface area contributed by atoms with E-state index in [4.69, 9.17) is 15.2 Å². The molecule has 6 heteroatoms. The van der Waals surface area contributed by atoms with Gasteiger partial charge in [0.1, 0.15) is 17.4 Å². The topological polar surface area (TPSA) is 94.4 Å². The van der Waals surface area contributed by atoms with Crippen LogP contribution in [0.25, 0.3) is 10.9 Å². The number of H-pyrrole nitrogens is 1. The maximum Gasteiger partial charge on any atom is 0.261 e. The summed E-state index contributed by atoms with van der Waals surface area (Å²) in [6, 6.07) is 6.83. The SMILES string of the molecule is NC(=O)c1cc2ccc(OC3CCCOC3)cc2[nH]c1=O. The number of benzene rings is 1. The average Bonchev–Trinajstić information content (AvgIpc) is 2.47. The lowest BCUT2D eigenvalue weighted by Crippen LogP contribution is -2.28. The summed E-state index contributed by atoms with van der Waals surface area (Å²) in [6.07, 6.45) is 1.97. The van der Waals surface area contributed by atoms with Gasteiger partial charge < -0.3 is 20.2 Å². The van der Waals surface area contributed by atoms with Crippen molar-refractivity contribution in [3.63, 3.8) is 0 Å². The number of nitrogens with one attached hydrogen (secondary N) is 1. The van der Waals surface area contributed by atoms with Crippen molar-refractivity contribution in [2.45, 2.75) is 18.9 Å². The van der Waals surface area contributed by atoms with E-state index in [9.17, 15) is 9.59 Å². The molecule has 0 saturated carbocycles. The third-order valence-corrected chi connectivity index (χ3v) is 3.50. The highest BCUT2D eigenvalue weighted by Crippen LogP contribution is 2.22. The second-order valence-electron chi connectivity index (χ2n) is 5.08. The predicted octanol–water partition coefficient (Wildman–Crippen LogP) is 1.18. The van der Waals surface area contributed by atoms with Crippen LogP contribution in [0.4, 0.5) is 0 Å². The Kier molecular flexibility index (Phi) is 3.62. The molecule has 110 valence electrons. The molecule has 0 spiro atoms. The van der Waals surface area contributed by atoms with E-state index in [1.54, 1.807) is 18.2 Å². The molecule has 3 N–H and O–H groups in total. The fourth-order valence-electron chi connectivity index (χ4n) is 2.43. The summed E-state index contributed by atoms with van der Waals surface area (Å²) >= 11 is 0. The number of pyridine rings is 1. The zero-order valence-electron chi connectivity index (χ0n) is 11.4. The third kappa shape index (κ3) is 2.90. The summed E-state index contributed by atoms with van der Waals surface area (Å²) in [5.41, 5.74) is 5.24. The monoisotopic (exact) mass is 288 g/mol. The van der Waals surface area contributed by atoms with E-state index < -0.39 is 11.5 Å². The lowest BCUT2D eigenvalue weighted by Gasteiger charge is -2.23. The van der Waals surface area contributed by atoms with Gasteiger partial charge in [-0.05, 0) is 36.4 Å². The third-order valence-electron chi connectivity index (χ3n) is 3.50. The molecule has 2 aromatic rings. The van der Waals surface area contributed by atoms with Gasteiger partial charge in [0, 0.05) is 12.7 Å². The van der Waals surface area contributed by atoms with Crippen LogP contribution in [-0.2, 0) is 4.74 Å². The molecule has 6 nitrogen and oxygen atoms in total. The van der Waals surface area contributed by atoms with Crippen molar-refractivity contribution in [1.29, 1.82) is 0 Å². The van der Waals surface area contributed by atoms with Crippen LogP contribution in [0.5, 0.6) is 5.75 Å². The smallest absolute Gasteiger partial charge is 0.261 e. The lowest BCUT2D eigenvalue weighted by atomic mass is 10.1. The molecule has 21 heavy (non-hydrogen) atoms. The molecule has 1 aliphatic heterocycles. The number of hydrogen-bond acceptors (Lipinski definition) is 4.